The molecule has 0 unspecified atom stereocenters. The van der Waals surface area contributed by atoms with Crippen LogP contribution in [0.15, 0.2) is 18.2 Å². The Balaban J connectivity index is 1.77. The number of carboxylic acids is 1. The van der Waals surface area contributed by atoms with Crippen LogP contribution >= 0.6 is 0 Å². The zero-order chi connectivity index (χ0) is 18.4. The molecular formula is C17H17N5O4. The minimum Gasteiger partial charge on any atom is -0.489 e. The van der Waals surface area contributed by atoms with Crippen LogP contribution in [0.2, 0.25) is 0 Å². The van der Waals surface area contributed by atoms with Gasteiger partial charge in [0, 0.05) is 6.54 Å². The third kappa shape index (κ3) is 2.48. The summed E-state index contributed by atoms with van der Waals surface area (Å²) < 4.78 is 9.03. The highest BCUT2D eigenvalue weighted by Gasteiger charge is 2.24. The van der Waals surface area contributed by atoms with Gasteiger partial charge in [-0.15, -0.1) is 0 Å². The van der Waals surface area contributed by atoms with Crippen molar-refractivity contribution in [2.75, 3.05) is 11.9 Å². The van der Waals surface area contributed by atoms with Gasteiger partial charge in [-0.3, -0.25) is 14.8 Å². The Bertz CT molecular complexity index is 1050. The number of hydrogen-bond acceptors (Lipinski definition) is 5. The molecule has 0 atom stereocenters. The van der Waals surface area contributed by atoms with Crippen molar-refractivity contribution < 1.29 is 19.4 Å². The number of carboxylic acid groups (broad SMARTS) is 1. The summed E-state index contributed by atoms with van der Waals surface area (Å²) in [4.78, 5) is 28.4. The van der Waals surface area contributed by atoms with Gasteiger partial charge >= 0.3 is 5.97 Å². The minimum atomic E-state index is -1.06. The van der Waals surface area contributed by atoms with E-state index in [1.54, 1.807) is 10.7 Å². The monoisotopic (exact) mass is 355 g/mol. The fraction of sp³-hybridized carbons (Fsp3) is 0.294. The molecule has 26 heavy (non-hydrogen) atoms. The molecule has 3 aromatic rings. The number of aromatic carboxylic acids is 1. The van der Waals surface area contributed by atoms with E-state index in [9.17, 15) is 14.7 Å². The van der Waals surface area contributed by atoms with Gasteiger partial charge in [-0.05, 0) is 32.0 Å². The number of amides is 1. The van der Waals surface area contributed by atoms with Crippen LogP contribution in [-0.2, 0) is 13.1 Å². The normalized spacial score (nSPS) is 12.8. The number of carbonyl (C=O) groups excluding carboxylic acids is 1. The quantitative estimate of drug-likeness (QED) is 0.739. The second-order valence-electron chi connectivity index (χ2n) is 6.02. The summed E-state index contributed by atoms with van der Waals surface area (Å²) in [5.74, 6) is -0.558. The lowest BCUT2D eigenvalue weighted by Gasteiger charge is -2.18. The fourth-order valence-corrected chi connectivity index (χ4v) is 3.16. The molecule has 2 aromatic heterocycles. The van der Waals surface area contributed by atoms with Crippen LogP contribution in [-0.4, -0.2) is 42.9 Å². The lowest BCUT2D eigenvalue weighted by Crippen LogP contribution is -2.22. The van der Waals surface area contributed by atoms with E-state index in [1.165, 1.54) is 12.1 Å². The Morgan fingerprint density at radius 1 is 1.35 bits per heavy atom. The molecule has 0 aliphatic carbocycles. The lowest BCUT2D eigenvalue weighted by atomic mass is 10.1. The Morgan fingerprint density at radius 2 is 2.15 bits per heavy atom. The average molecular weight is 355 g/mol. The van der Waals surface area contributed by atoms with Gasteiger partial charge in [-0.1, -0.05) is 0 Å². The van der Waals surface area contributed by atoms with E-state index < -0.39 is 5.97 Å². The molecule has 0 saturated heterocycles. The van der Waals surface area contributed by atoms with Crippen molar-refractivity contribution in [3.63, 3.8) is 0 Å². The number of rotatable bonds is 4. The number of benzene rings is 1. The molecule has 0 spiro atoms. The summed E-state index contributed by atoms with van der Waals surface area (Å²) in [7, 11) is 0. The first-order valence-corrected chi connectivity index (χ1v) is 8.24. The topological polar surface area (TPSA) is 111 Å². The maximum atomic E-state index is 12.7. The summed E-state index contributed by atoms with van der Waals surface area (Å²) in [6, 6.07) is 4.67. The Morgan fingerprint density at radius 3 is 2.88 bits per heavy atom. The predicted octanol–water partition coefficient (Wildman–Crippen LogP) is 1.90. The van der Waals surface area contributed by atoms with Crippen molar-refractivity contribution in [2.45, 2.75) is 26.9 Å². The molecule has 0 saturated carbocycles. The van der Waals surface area contributed by atoms with Crippen molar-refractivity contribution in [1.29, 1.82) is 0 Å². The molecule has 3 heterocycles. The number of carbonyl (C=O) groups is 2. The van der Waals surface area contributed by atoms with E-state index in [-0.39, 0.29) is 11.5 Å². The molecule has 0 bridgehead atoms. The minimum absolute atomic E-state index is 0.0941. The molecule has 134 valence electrons. The fourth-order valence-electron chi connectivity index (χ4n) is 3.16. The van der Waals surface area contributed by atoms with Crippen molar-refractivity contribution in [1.82, 2.24) is 19.3 Å². The van der Waals surface area contributed by atoms with Crippen molar-refractivity contribution in [3.8, 4) is 5.75 Å². The van der Waals surface area contributed by atoms with Crippen molar-refractivity contribution in [2.24, 2.45) is 0 Å². The Hall–Kier alpha value is -3.36. The molecule has 1 amide bonds. The summed E-state index contributed by atoms with van der Waals surface area (Å²) in [5.41, 5.74) is 2.44. The highest BCUT2D eigenvalue weighted by molar-refractivity contribution is 6.04. The van der Waals surface area contributed by atoms with Crippen LogP contribution in [0, 0.1) is 6.92 Å². The first kappa shape index (κ1) is 16.1. The van der Waals surface area contributed by atoms with E-state index in [2.05, 4.69) is 15.4 Å². The van der Waals surface area contributed by atoms with Gasteiger partial charge in [0.25, 0.3) is 5.91 Å². The van der Waals surface area contributed by atoms with Crippen LogP contribution in [0.4, 0.5) is 5.95 Å². The number of aryl methyl sites for hydroxylation is 2. The van der Waals surface area contributed by atoms with Gasteiger partial charge in [0.1, 0.15) is 23.6 Å². The number of aromatic nitrogens is 4. The highest BCUT2D eigenvalue weighted by Crippen LogP contribution is 2.33. The maximum Gasteiger partial charge on any atom is 0.335 e. The molecule has 1 aromatic carbocycles. The zero-order valence-corrected chi connectivity index (χ0v) is 14.3. The molecular weight excluding hydrogens is 338 g/mol. The van der Waals surface area contributed by atoms with Gasteiger partial charge in [-0.25, -0.2) is 9.78 Å². The second kappa shape index (κ2) is 5.87. The van der Waals surface area contributed by atoms with E-state index in [1.807, 2.05) is 18.4 Å². The number of ether oxygens (including phenoxy) is 1. The summed E-state index contributed by atoms with van der Waals surface area (Å²) in [6.07, 6.45) is 0. The van der Waals surface area contributed by atoms with E-state index in [4.69, 9.17) is 4.74 Å². The van der Waals surface area contributed by atoms with E-state index >= 15 is 0 Å². The molecule has 0 radical (unpaired) electrons. The second-order valence-corrected chi connectivity index (χ2v) is 6.02. The van der Waals surface area contributed by atoms with E-state index in [0.29, 0.717) is 48.1 Å². The highest BCUT2D eigenvalue weighted by atomic mass is 16.5. The summed E-state index contributed by atoms with van der Waals surface area (Å²) in [6.45, 7) is 5.20. The van der Waals surface area contributed by atoms with Crippen molar-refractivity contribution in [3.05, 3.63) is 35.2 Å². The zero-order valence-electron chi connectivity index (χ0n) is 14.3. The third-order valence-corrected chi connectivity index (χ3v) is 4.29. The average Bonchev–Trinajstić information content (AvgIpc) is 3.17. The largest absolute Gasteiger partial charge is 0.489 e. The molecule has 0 fully saturated rings. The van der Waals surface area contributed by atoms with Crippen LogP contribution in [0.3, 0.4) is 0 Å². The van der Waals surface area contributed by atoms with Gasteiger partial charge in [-0.2, -0.15) is 5.10 Å². The van der Waals surface area contributed by atoms with Gasteiger partial charge in [0.15, 0.2) is 0 Å². The van der Waals surface area contributed by atoms with Gasteiger partial charge in [0.05, 0.1) is 23.3 Å². The Kier molecular flexibility index (Phi) is 3.64. The standard InChI is InChI=1S/C17H17N5O4/c1-3-22-12(6-9(2)20-22)15(23)19-17-18-11-7-10(16(24)25)8-13-14(11)21(17)4-5-26-13/h6-8H,3-5H2,1-2H3,(H,24,25)(H,18,19,23). The third-order valence-electron chi connectivity index (χ3n) is 4.29. The lowest BCUT2D eigenvalue weighted by molar-refractivity contribution is 0.0696. The molecule has 4 rings (SSSR count). The van der Waals surface area contributed by atoms with Crippen LogP contribution in [0.25, 0.3) is 11.0 Å². The van der Waals surface area contributed by atoms with Gasteiger partial charge < -0.3 is 14.4 Å². The smallest absolute Gasteiger partial charge is 0.335 e. The van der Waals surface area contributed by atoms with Crippen LogP contribution in [0.5, 0.6) is 5.75 Å². The first-order chi connectivity index (χ1) is 12.5. The number of nitrogens with zero attached hydrogens (tertiary/aromatic N) is 4. The Labute approximate surface area is 148 Å². The van der Waals surface area contributed by atoms with Crippen molar-refractivity contribution >= 4 is 28.9 Å². The van der Waals surface area contributed by atoms with Crippen LogP contribution in [0.1, 0.15) is 33.5 Å². The molecule has 1 aliphatic heterocycles. The van der Waals surface area contributed by atoms with Gasteiger partial charge in [0.2, 0.25) is 5.95 Å². The first-order valence-electron chi connectivity index (χ1n) is 8.24. The van der Waals surface area contributed by atoms with Crippen LogP contribution < -0.4 is 10.1 Å². The summed E-state index contributed by atoms with van der Waals surface area (Å²) >= 11 is 0. The SMILES string of the molecule is CCn1nc(C)cc1C(=O)Nc1nc2cc(C(=O)O)cc3c2n1CCO3. The number of imidazole rings is 1. The number of anilines is 1. The number of hydrogen-bond donors (Lipinski definition) is 2. The molecule has 9 heteroatoms. The maximum absolute atomic E-state index is 12.7. The van der Waals surface area contributed by atoms with E-state index in [0.717, 1.165) is 5.69 Å². The number of nitrogens with one attached hydrogen (secondary N) is 1. The molecule has 9 nitrogen and oxygen atoms in total. The molecule has 2 N–H and O–H groups in total. The molecule has 1 aliphatic rings. The predicted molar refractivity (Wildman–Crippen MR) is 92.8 cm³/mol. The summed E-state index contributed by atoms with van der Waals surface area (Å²) in [5, 5.41) is 16.3.